The predicted octanol–water partition coefficient (Wildman–Crippen LogP) is 1.72. The van der Waals surface area contributed by atoms with E-state index in [0.717, 1.165) is 0 Å². The summed E-state index contributed by atoms with van der Waals surface area (Å²) in [5.74, 6) is 0.153. The Bertz CT molecular complexity index is 392. The first-order chi connectivity index (χ1) is 5.27. The predicted molar refractivity (Wildman–Crippen MR) is 42.3 cm³/mol. The number of hydrogen-bond acceptors (Lipinski definition) is 3. The van der Waals surface area contributed by atoms with Crippen LogP contribution in [0.5, 0.6) is 5.75 Å². The summed E-state index contributed by atoms with van der Waals surface area (Å²) in [7, 11) is 0. The number of hydrogen-bond donors (Lipinski definition) is 2. The number of fused-ring (bicyclic) bond motifs is 1. The van der Waals surface area contributed by atoms with E-state index >= 15 is 0 Å². The van der Waals surface area contributed by atoms with E-state index in [4.69, 9.17) is 15.3 Å². The van der Waals surface area contributed by atoms with Crippen LogP contribution in [0.15, 0.2) is 28.9 Å². The first kappa shape index (κ1) is 6.09. The zero-order valence-corrected chi connectivity index (χ0v) is 5.74. The van der Waals surface area contributed by atoms with Crippen molar-refractivity contribution >= 4 is 16.7 Å². The van der Waals surface area contributed by atoms with Gasteiger partial charge < -0.3 is 15.3 Å². The molecule has 3 heteroatoms. The summed E-state index contributed by atoms with van der Waals surface area (Å²) in [6, 6.07) is 5.12. The lowest BCUT2D eigenvalue weighted by Gasteiger charge is -1.90. The molecule has 0 unspecified atom stereocenters. The molecule has 0 fully saturated rings. The molecule has 3 N–H and O–H groups in total. The van der Waals surface area contributed by atoms with Crippen molar-refractivity contribution in [2.75, 3.05) is 5.73 Å². The summed E-state index contributed by atoms with van der Waals surface area (Å²) < 4.78 is 5.00. The van der Waals surface area contributed by atoms with Crippen molar-refractivity contribution in [3.05, 3.63) is 24.5 Å². The van der Waals surface area contributed by atoms with Gasteiger partial charge in [-0.25, -0.2) is 0 Å². The normalized spacial score (nSPS) is 10.5. The van der Waals surface area contributed by atoms with Crippen LogP contribution >= 0.6 is 0 Å². The second kappa shape index (κ2) is 1.92. The van der Waals surface area contributed by atoms with E-state index in [0.29, 0.717) is 16.7 Å². The largest absolute Gasteiger partial charge is 0.504 e. The van der Waals surface area contributed by atoms with E-state index in [1.54, 1.807) is 18.2 Å². The van der Waals surface area contributed by atoms with E-state index in [1.165, 1.54) is 6.26 Å². The van der Waals surface area contributed by atoms with Gasteiger partial charge in [0.25, 0.3) is 0 Å². The van der Waals surface area contributed by atoms with Crippen LogP contribution in [-0.2, 0) is 0 Å². The summed E-state index contributed by atoms with van der Waals surface area (Å²) in [6.45, 7) is 0. The Labute approximate surface area is 63.0 Å². The van der Waals surface area contributed by atoms with Gasteiger partial charge in [0.2, 0.25) is 0 Å². The van der Waals surface area contributed by atoms with Crippen LogP contribution < -0.4 is 5.73 Å². The zero-order chi connectivity index (χ0) is 7.84. The fraction of sp³-hybridized carbons (Fsp3) is 0. The van der Waals surface area contributed by atoms with Gasteiger partial charge in [0.1, 0.15) is 11.8 Å². The topological polar surface area (TPSA) is 59.4 Å². The first-order valence-electron chi connectivity index (χ1n) is 3.23. The molecule has 0 bridgehead atoms. The van der Waals surface area contributed by atoms with E-state index in [9.17, 15) is 0 Å². The van der Waals surface area contributed by atoms with Gasteiger partial charge in [0.15, 0.2) is 5.75 Å². The van der Waals surface area contributed by atoms with Crippen LogP contribution in [0.2, 0.25) is 0 Å². The molecule has 56 valence electrons. The Morgan fingerprint density at radius 1 is 1.36 bits per heavy atom. The molecule has 0 saturated carbocycles. The number of anilines is 1. The maximum atomic E-state index is 9.17. The minimum Gasteiger partial charge on any atom is -0.504 e. The SMILES string of the molecule is Nc1ccc2c(O)coc2c1. The lowest BCUT2D eigenvalue weighted by molar-refractivity contribution is 0.464. The van der Waals surface area contributed by atoms with Crippen LogP contribution in [0.4, 0.5) is 5.69 Å². The number of rotatable bonds is 0. The van der Waals surface area contributed by atoms with Gasteiger partial charge in [-0.3, -0.25) is 0 Å². The average Bonchev–Trinajstić information content (AvgIpc) is 2.32. The molecule has 0 atom stereocenters. The third-order valence-electron chi connectivity index (χ3n) is 1.58. The Morgan fingerprint density at radius 2 is 2.18 bits per heavy atom. The van der Waals surface area contributed by atoms with Gasteiger partial charge in [-0.2, -0.15) is 0 Å². The maximum Gasteiger partial charge on any atom is 0.161 e. The number of furan rings is 1. The standard InChI is InChI=1S/C8H7NO2/c9-5-1-2-6-7(10)4-11-8(6)3-5/h1-4,10H,9H2. The molecule has 1 heterocycles. The minimum atomic E-state index is 0.153. The van der Waals surface area contributed by atoms with Crippen molar-refractivity contribution in [1.29, 1.82) is 0 Å². The molecule has 2 rings (SSSR count). The molecule has 0 radical (unpaired) electrons. The van der Waals surface area contributed by atoms with E-state index < -0.39 is 0 Å². The number of nitrogens with two attached hydrogens (primary N) is 1. The van der Waals surface area contributed by atoms with Gasteiger partial charge in [-0.15, -0.1) is 0 Å². The fourth-order valence-corrected chi connectivity index (χ4v) is 1.03. The van der Waals surface area contributed by atoms with Gasteiger partial charge in [0.05, 0.1) is 5.39 Å². The summed E-state index contributed by atoms with van der Waals surface area (Å²) in [4.78, 5) is 0. The second-order valence-corrected chi connectivity index (χ2v) is 2.38. The smallest absolute Gasteiger partial charge is 0.161 e. The molecule has 1 aromatic heterocycles. The van der Waals surface area contributed by atoms with Gasteiger partial charge in [-0.05, 0) is 12.1 Å². The number of benzene rings is 1. The van der Waals surface area contributed by atoms with E-state index in [2.05, 4.69) is 0 Å². The molecule has 0 aliphatic rings. The highest BCUT2D eigenvalue weighted by Gasteiger charge is 2.02. The van der Waals surface area contributed by atoms with E-state index in [1.807, 2.05) is 0 Å². The van der Waals surface area contributed by atoms with Crippen LogP contribution in [0, 0.1) is 0 Å². The highest BCUT2D eigenvalue weighted by Crippen LogP contribution is 2.27. The summed E-state index contributed by atoms with van der Waals surface area (Å²) in [5.41, 5.74) is 6.74. The van der Waals surface area contributed by atoms with Crippen molar-refractivity contribution in [2.24, 2.45) is 0 Å². The van der Waals surface area contributed by atoms with Gasteiger partial charge in [0, 0.05) is 11.8 Å². The molecule has 0 spiro atoms. The summed E-state index contributed by atoms with van der Waals surface area (Å²) in [6.07, 6.45) is 1.30. The average molecular weight is 149 g/mol. The quantitative estimate of drug-likeness (QED) is 0.560. The molecular weight excluding hydrogens is 142 g/mol. The van der Waals surface area contributed by atoms with Crippen LogP contribution in [-0.4, -0.2) is 5.11 Å². The lowest BCUT2D eigenvalue weighted by atomic mass is 10.2. The van der Waals surface area contributed by atoms with E-state index in [-0.39, 0.29) is 5.75 Å². The van der Waals surface area contributed by atoms with Crippen LogP contribution in [0.25, 0.3) is 11.0 Å². The Balaban J connectivity index is 2.86. The molecule has 2 aromatic rings. The van der Waals surface area contributed by atoms with Crippen molar-refractivity contribution < 1.29 is 9.52 Å². The van der Waals surface area contributed by atoms with Crippen LogP contribution in [0.3, 0.4) is 0 Å². The van der Waals surface area contributed by atoms with Crippen molar-refractivity contribution in [3.63, 3.8) is 0 Å². The zero-order valence-electron chi connectivity index (χ0n) is 5.74. The molecule has 0 aliphatic carbocycles. The molecule has 0 amide bonds. The van der Waals surface area contributed by atoms with Crippen molar-refractivity contribution in [1.82, 2.24) is 0 Å². The van der Waals surface area contributed by atoms with Crippen LogP contribution in [0.1, 0.15) is 0 Å². The third kappa shape index (κ3) is 0.816. The summed E-state index contributed by atoms with van der Waals surface area (Å²) in [5, 5.41) is 9.86. The minimum absolute atomic E-state index is 0.153. The Kier molecular flexibility index (Phi) is 1.06. The highest BCUT2D eigenvalue weighted by atomic mass is 16.4. The highest BCUT2D eigenvalue weighted by molar-refractivity contribution is 5.85. The number of nitrogen functional groups attached to an aromatic ring is 1. The second-order valence-electron chi connectivity index (χ2n) is 2.38. The Hall–Kier alpha value is -1.64. The molecular formula is C8H7NO2. The third-order valence-corrected chi connectivity index (χ3v) is 1.58. The molecule has 0 aliphatic heterocycles. The monoisotopic (exact) mass is 149 g/mol. The maximum absolute atomic E-state index is 9.17. The van der Waals surface area contributed by atoms with Crippen molar-refractivity contribution in [2.45, 2.75) is 0 Å². The van der Waals surface area contributed by atoms with Gasteiger partial charge in [-0.1, -0.05) is 0 Å². The molecule has 0 saturated heterocycles. The lowest BCUT2D eigenvalue weighted by Crippen LogP contribution is -1.81. The Morgan fingerprint density at radius 3 is 3.00 bits per heavy atom. The molecule has 3 nitrogen and oxygen atoms in total. The van der Waals surface area contributed by atoms with Crippen molar-refractivity contribution in [3.8, 4) is 5.75 Å². The molecule has 11 heavy (non-hydrogen) atoms. The summed E-state index contributed by atoms with van der Waals surface area (Å²) >= 11 is 0. The number of aromatic hydroxyl groups is 1. The first-order valence-corrected chi connectivity index (χ1v) is 3.23. The molecule has 1 aromatic carbocycles. The van der Waals surface area contributed by atoms with Gasteiger partial charge >= 0.3 is 0 Å². The fourth-order valence-electron chi connectivity index (χ4n) is 1.03.